The first-order valence-corrected chi connectivity index (χ1v) is 21.3. The molecule has 0 saturated carbocycles. The lowest BCUT2D eigenvalue weighted by Crippen LogP contribution is -2.28. The molecule has 0 fully saturated rings. The van der Waals surface area contributed by atoms with Gasteiger partial charge in [-0.25, -0.2) is 15.0 Å². The van der Waals surface area contributed by atoms with Crippen molar-refractivity contribution in [1.29, 1.82) is 0 Å². The van der Waals surface area contributed by atoms with Crippen molar-refractivity contribution in [2.45, 2.75) is 19.3 Å². The van der Waals surface area contributed by atoms with Crippen molar-refractivity contribution in [3.05, 3.63) is 239 Å². The highest BCUT2D eigenvalue weighted by Crippen LogP contribution is 2.59. The van der Waals surface area contributed by atoms with E-state index in [-0.39, 0.29) is 0 Å². The van der Waals surface area contributed by atoms with Crippen LogP contribution < -0.4 is 10.6 Å². The van der Waals surface area contributed by atoms with E-state index >= 15 is 0 Å². The first kappa shape index (κ1) is 37.1. The predicted octanol–water partition coefficient (Wildman–Crippen LogP) is 12.4. The number of hydrogen-bond donors (Lipinski definition) is 0. The van der Waals surface area contributed by atoms with Gasteiger partial charge in [-0.2, -0.15) is 0 Å². The first-order chi connectivity index (χ1) is 30.7. The van der Waals surface area contributed by atoms with Gasteiger partial charge in [0.1, 0.15) is 0 Å². The molecule has 4 nitrogen and oxygen atoms in total. The highest BCUT2D eigenvalue weighted by Gasteiger charge is 2.47. The Hall–Kier alpha value is -7.95. The van der Waals surface area contributed by atoms with E-state index in [2.05, 4.69) is 200 Å². The van der Waals surface area contributed by atoms with E-state index in [4.69, 9.17) is 15.0 Å². The van der Waals surface area contributed by atoms with Gasteiger partial charge in [-0.1, -0.05) is 182 Å². The van der Waals surface area contributed by atoms with Gasteiger partial charge >= 0.3 is 0 Å². The predicted molar refractivity (Wildman–Crippen MR) is 255 cm³/mol. The Morgan fingerprint density at radius 2 is 0.952 bits per heavy atom. The second-order valence-electron chi connectivity index (χ2n) is 15.8. The van der Waals surface area contributed by atoms with E-state index < -0.39 is 5.41 Å². The van der Waals surface area contributed by atoms with Crippen LogP contribution in [0, 0.1) is 0 Å². The summed E-state index contributed by atoms with van der Waals surface area (Å²) in [4.78, 5) is 15.9. The Bertz CT molecular complexity index is 3300. The number of rotatable bonds is 7. The van der Waals surface area contributed by atoms with Crippen LogP contribution >= 0.6 is 0 Å². The molecule has 0 atom stereocenters. The molecular formula is C58H42N4. The molecule has 0 amide bonds. The van der Waals surface area contributed by atoms with E-state index in [0.717, 1.165) is 44.6 Å². The van der Waals surface area contributed by atoms with Crippen molar-refractivity contribution in [3.63, 3.8) is 0 Å². The van der Waals surface area contributed by atoms with Crippen LogP contribution in [0.25, 0.3) is 85.2 Å². The fourth-order valence-electron chi connectivity index (χ4n) is 9.80. The van der Waals surface area contributed by atoms with E-state index in [1.54, 1.807) is 0 Å². The molecule has 4 heteroatoms. The lowest BCUT2D eigenvalue weighted by atomic mass is 9.67. The van der Waals surface area contributed by atoms with E-state index in [1.807, 2.05) is 36.4 Å². The molecule has 0 N–H and O–H groups in total. The number of para-hydroxylation sites is 1. The Morgan fingerprint density at radius 3 is 1.53 bits per heavy atom. The van der Waals surface area contributed by atoms with E-state index in [9.17, 15) is 0 Å². The van der Waals surface area contributed by atoms with Crippen molar-refractivity contribution in [2.75, 3.05) is 0 Å². The third-order valence-electron chi connectivity index (χ3n) is 12.5. The largest absolute Gasteiger partial charge is 0.310 e. The average molecular weight is 795 g/mol. The quantitative estimate of drug-likeness (QED) is 0.161. The molecule has 0 saturated heterocycles. The van der Waals surface area contributed by atoms with Gasteiger partial charge in [0, 0.05) is 38.3 Å². The maximum Gasteiger partial charge on any atom is 0.164 e. The molecule has 62 heavy (non-hydrogen) atoms. The lowest BCUT2D eigenvalue weighted by molar-refractivity contribution is 0.769. The van der Waals surface area contributed by atoms with Crippen molar-refractivity contribution in [3.8, 4) is 62.1 Å². The third kappa shape index (κ3) is 5.87. The number of fused-ring (bicyclic) bond motifs is 4. The summed E-state index contributed by atoms with van der Waals surface area (Å²) in [7, 11) is 0. The van der Waals surface area contributed by atoms with Gasteiger partial charge in [-0.3, -0.25) is 0 Å². The molecule has 0 unspecified atom stereocenters. The molecule has 1 aliphatic rings. The maximum atomic E-state index is 5.38. The summed E-state index contributed by atoms with van der Waals surface area (Å²) in [5.41, 5.74) is 13.8. The fraction of sp³-hybridized carbons (Fsp3) is 0.0517. The Labute approximate surface area is 361 Å². The van der Waals surface area contributed by atoms with Crippen LogP contribution in [0.5, 0.6) is 0 Å². The third-order valence-corrected chi connectivity index (χ3v) is 12.5. The SMILES string of the molecule is C/C=c1\c(=C/C)n(-c2ccccc2)c2ccc(-c3cc(-c4nc(-c5ccccc5)nc(-c5ccccc5)n4)c4c(c3)C(c3ccccc3)(c3ccccc3)c3ccccc3-4)cc12. The van der Waals surface area contributed by atoms with Crippen LogP contribution in [0.3, 0.4) is 0 Å². The Balaban J connectivity index is 1.27. The fourth-order valence-corrected chi connectivity index (χ4v) is 9.80. The van der Waals surface area contributed by atoms with Crippen molar-refractivity contribution >= 4 is 23.1 Å². The smallest absolute Gasteiger partial charge is 0.164 e. The normalized spacial score (nSPS) is 13.3. The summed E-state index contributed by atoms with van der Waals surface area (Å²) >= 11 is 0. The van der Waals surface area contributed by atoms with Crippen molar-refractivity contribution < 1.29 is 0 Å². The number of aromatic nitrogens is 4. The molecule has 294 valence electrons. The molecule has 2 aromatic heterocycles. The molecule has 0 bridgehead atoms. The van der Waals surface area contributed by atoms with Crippen LogP contribution in [0.1, 0.15) is 36.1 Å². The molecule has 2 heterocycles. The van der Waals surface area contributed by atoms with Gasteiger partial charge in [0.05, 0.1) is 10.9 Å². The first-order valence-electron chi connectivity index (χ1n) is 21.3. The van der Waals surface area contributed by atoms with Gasteiger partial charge in [0.25, 0.3) is 0 Å². The summed E-state index contributed by atoms with van der Waals surface area (Å²) in [5, 5.41) is 3.58. The molecule has 0 aliphatic heterocycles. The zero-order valence-corrected chi connectivity index (χ0v) is 34.6. The maximum absolute atomic E-state index is 5.38. The molecule has 8 aromatic carbocycles. The summed E-state index contributed by atoms with van der Waals surface area (Å²) < 4.78 is 2.37. The van der Waals surface area contributed by atoms with Crippen molar-refractivity contribution in [1.82, 2.24) is 19.5 Å². The molecule has 1 aliphatic carbocycles. The van der Waals surface area contributed by atoms with Gasteiger partial charge in [0.2, 0.25) is 0 Å². The van der Waals surface area contributed by atoms with Crippen molar-refractivity contribution in [2.24, 2.45) is 0 Å². The lowest BCUT2D eigenvalue weighted by Gasteiger charge is -2.34. The standard InChI is InChI=1S/C58H42N4/c1-3-46-48-36-41(34-35-53(48)62(52(46)4-2)45-30-18-9-19-31-45)42-37-49(57-60-55(39-22-10-5-11-23-39)59-56(61-57)40-24-12-6-13-25-40)54-47-32-20-21-33-50(47)58(51(54)38-42,43-26-14-7-15-27-43)44-28-16-8-17-29-44/h3-38H,1-2H3/b46-3-,52-4+. The topological polar surface area (TPSA) is 43.6 Å². The second-order valence-corrected chi connectivity index (χ2v) is 15.8. The summed E-state index contributed by atoms with van der Waals surface area (Å²) in [6, 6.07) is 73.7. The monoisotopic (exact) mass is 794 g/mol. The highest BCUT2D eigenvalue weighted by molar-refractivity contribution is 5.98. The molecule has 0 spiro atoms. The zero-order chi connectivity index (χ0) is 41.6. The van der Waals surface area contributed by atoms with Crippen LogP contribution in [0.4, 0.5) is 0 Å². The number of hydrogen-bond acceptors (Lipinski definition) is 3. The molecule has 0 radical (unpaired) electrons. The molecular weight excluding hydrogens is 753 g/mol. The second kappa shape index (κ2) is 15.3. The minimum absolute atomic E-state index is 0.629. The summed E-state index contributed by atoms with van der Waals surface area (Å²) in [5.74, 6) is 1.89. The highest BCUT2D eigenvalue weighted by atomic mass is 15.0. The van der Waals surface area contributed by atoms with Crippen LogP contribution in [0.2, 0.25) is 0 Å². The van der Waals surface area contributed by atoms with Gasteiger partial charge < -0.3 is 4.57 Å². The van der Waals surface area contributed by atoms with Gasteiger partial charge in [-0.15, -0.1) is 0 Å². The van der Waals surface area contributed by atoms with Gasteiger partial charge in [0.15, 0.2) is 17.5 Å². The Morgan fingerprint density at radius 1 is 0.419 bits per heavy atom. The van der Waals surface area contributed by atoms with Gasteiger partial charge in [-0.05, 0) is 94.8 Å². The summed E-state index contributed by atoms with van der Waals surface area (Å²) in [6.07, 6.45) is 4.46. The van der Waals surface area contributed by atoms with Crippen LogP contribution in [-0.4, -0.2) is 19.5 Å². The average Bonchev–Trinajstić information content (AvgIpc) is 3.84. The van der Waals surface area contributed by atoms with Crippen LogP contribution in [0.15, 0.2) is 206 Å². The van der Waals surface area contributed by atoms with E-state index in [1.165, 1.54) is 43.8 Å². The molecule has 10 aromatic rings. The number of benzene rings is 8. The molecule has 11 rings (SSSR count). The van der Waals surface area contributed by atoms with E-state index in [0.29, 0.717) is 17.5 Å². The minimum Gasteiger partial charge on any atom is -0.310 e. The zero-order valence-electron chi connectivity index (χ0n) is 34.6. The summed E-state index contributed by atoms with van der Waals surface area (Å²) in [6.45, 7) is 4.26. The van der Waals surface area contributed by atoms with Crippen LogP contribution in [-0.2, 0) is 5.41 Å². The minimum atomic E-state index is -0.635. The Kier molecular flexibility index (Phi) is 9.13. The number of nitrogens with zero attached hydrogens (tertiary/aromatic N) is 4.